The molecule has 11 rings (SSSR count). The van der Waals surface area contributed by atoms with Crippen LogP contribution < -0.4 is 25.6 Å². The van der Waals surface area contributed by atoms with Crippen molar-refractivity contribution in [3.8, 4) is 0 Å². The van der Waals surface area contributed by atoms with Crippen molar-refractivity contribution in [1.29, 1.82) is 0 Å². The molecular formula is C50H38BN3O. The van der Waals surface area contributed by atoms with E-state index in [-0.39, 0.29) is 6.71 Å². The van der Waals surface area contributed by atoms with E-state index in [1.165, 1.54) is 56.1 Å². The highest BCUT2D eigenvalue weighted by atomic mass is 16.3. The lowest BCUT2D eigenvalue weighted by Gasteiger charge is -2.47. The van der Waals surface area contributed by atoms with Crippen LogP contribution in [0.5, 0.6) is 0 Å². The van der Waals surface area contributed by atoms with E-state index in [0.717, 1.165) is 58.3 Å². The van der Waals surface area contributed by atoms with Crippen LogP contribution in [0.4, 0.5) is 39.8 Å². The summed E-state index contributed by atoms with van der Waals surface area (Å²) in [6.45, 7) is 2.33. The number of hydrogen-bond donors (Lipinski definition) is 0. The molecule has 0 atom stereocenters. The first kappa shape index (κ1) is 31.8. The lowest BCUT2D eigenvalue weighted by Crippen LogP contribution is -2.57. The quantitative estimate of drug-likeness (QED) is 0.161. The third-order valence-corrected chi connectivity index (χ3v) is 11.7. The van der Waals surface area contributed by atoms with Crippen molar-refractivity contribution in [3.05, 3.63) is 198 Å². The summed E-state index contributed by atoms with van der Waals surface area (Å²) in [6.07, 6.45) is 5.45. The van der Waals surface area contributed by atoms with Gasteiger partial charge in [0.05, 0.1) is 0 Å². The van der Waals surface area contributed by atoms with Crippen molar-refractivity contribution in [3.63, 3.8) is 0 Å². The van der Waals surface area contributed by atoms with E-state index in [1.54, 1.807) is 0 Å². The largest absolute Gasteiger partial charge is 0.456 e. The number of benzene rings is 7. The van der Waals surface area contributed by atoms with Gasteiger partial charge in [0.2, 0.25) is 0 Å². The van der Waals surface area contributed by atoms with Crippen molar-refractivity contribution >= 4 is 79.4 Å². The maximum atomic E-state index is 6.27. The second-order valence-corrected chi connectivity index (χ2v) is 14.7. The first-order chi connectivity index (χ1) is 27.2. The van der Waals surface area contributed by atoms with E-state index in [1.807, 2.05) is 12.1 Å². The fraction of sp³-hybridized carbons (Fsp3) is 0.0800. The molecule has 0 N–H and O–H groups in total. The Hall–Kier alpha value is -6.72. The fourth-order valence-electron chi connectivity index (χ4n) is 9.20. The smallest absolute Gasteiger partial charge is 0.251 e. The normalized spacial score (nSPS) is 14.5. The van der Waals surface area contributed by atoms with E-state index in [4.69, 9.17) is 4.42 Å². The SMILES string of the molecule is CCc1ccc(N2C3=CCCC4=C3B(c3ccc(N(c5ccccc5)c5ccc6oc7ccccc7c6c5)cc32)c2ccccc2N4c2ccccc2)cc1. The Balaban J connectivity index is 1.16. The molecule has 8 aromatic rings. The van der Waals surface area contributed by atoms with Gasteiger partial charge in [-0.1, -0.05) is 104 Å². The van der Waals surface area contributed by atoms with Gasteiger partial charge >= 0.3 is 0 Å². The molecule has 0 spiro atoms. The number of anilines is 7. The lowest BCUT2D eigenvalue weighted by atomic mass is 9.32. The highest BCUT2D eigenvalue weighted by Gasteiger charge is 2.46. The summed E-state index contributed by atoms with van der Waals surface area (Å²) >= 11 is 0. The Morgan fingerprint density at radius 2 is 1.24 bits per heavy atom. The zero-order chi connectivity index (χ0) is 36.5. The molecule has 3 aliphatic rings. The average molecular weight is 708 g/mol. The molecule has 0 amide bonds. The van der Waals surface area contributed by atoms with Gasteiger partial charge in [-0.15, -0.1) is 0 Å². The maximum Gasteiger partial charge on any atom is 0.251 e. The number of nitrogens with zero attached hydrogens (tertiary/aromatic N) is 3. The molecule has 4 nitrogen and oxygen atoms in total. The molecule has 0 saturated heterocycles. The van der Waals surface area contributed by atoms with Gasteiger partial charge in [0, 0.05) is 62.0 Å². The summed E-state index contributed by atoms with van der Waals surface area (Å²) in [6, 6.07) is 61.9. The van der Waals surface area contributed by atoms with Crippen molar-refractivity contribution in [2.45, 2.75) is 26.2 Å². The molecule has 55 heavy (non-hydrogen) atoms. The molecule has 0 bridgehead atoms. The van der Waals surface area contributed by atoms with Gasteiger partial charge in [-0.3, -0.25) is 0 Å². The molecule has 3 heterocycles. The molecule has 0 unspecified atom stereocenters. The summed E-state index contributed by atoms with van der Waals surface area (Å²) in [7, 11) is 0. The second kappa shape index (κ2) is 12.7. The molecular weight excluding hydrogens is 669 g/mol. The molecule has 262 valence electrons. The monoisotopic (exact) mass is 707 g/mol. The number of fused-ring (bicyclic) bond motifs is 7. The number of hydrogen-bond acceptors (Lipinski definition) is 4. The Kier molecular flexibility index (Phi) is 7.34. The zero-order valence-corrected chi connectivity index (χ0v) is 30.7. The van der Waals surface area contributed by atoms with Gasteiger partial charge in [0.1, 0.15) is 11.2 Å². The minimum absolute atomic E-state index is 0.103. The Morgan fingerprint density at radius 3 is 2.07 bits per heavy atom. The summed E-state index contributed by atoms with van der Waals surface area (Å²) in [5.41, 5.74) is 18.0. The number of rotatable bonds is 6. The van der Waals surface area contributed by atoms with Gasteiger partial charge in [-0.05, 0) is 120 Å². The molecule has 7 aromatic carbocycles. The standard InChI is InChI=1S/C50H38BN3O/c1-2-34-24-26-37(27-25-34)54-46-22-13-21-45-50(46)51(42-19-10-11-20-44(42)53(45)36-16-7-4-8-17-36)43-30-28-39(33-47(43)54)52(35-14-5-3-6-15-35)38-29-31-49-41(32-38)40-18-9-12-23-48(40)55-49/h3-12,14-20,22-33H,2,13,21H2,1H3. The van der Waals surface area contributed by atoms with Crippen molar-refractivity contribution in [1.82, 2.24) is 0 Å². The summed E-state index contributed by atoms with van der Waals surface area (Å²) in [5.74, 6) is 0. The molecule has 5 heteroatoms. The first-order valence-corrected chi connectivity index (χ1v) is 19.4. The van der Waals surface area contributed by atoms with Crippen LogP contribution in [-0.2, 0) is 6.42 Å². The predicted molar refractivity (Wildman–Crippen MR) is 231 cm³/mol. The van der Waals surface area contributed by atoms with E-state index in [0.29, 0.717) is 0 Å². The van der Waals surface area contributed by atoms with E-state index >= 15 is 0 Å². The van der Waals surface area contributed by atoms with Crippen LogP contribution >= 0.6 is 0 Å². The van der Waals surface area contributed by atoms with E-state index in [9.17, 15) is 0 Å². The summed E-state index contributed by atoms with van der Waals surface area (Å²) in [4.78, 5) is 7.45. The summed E-state index contributed by atoms with van der Waals surface area (Å²) in [5, 5.41) is 2.24. The maximum absolute atomic E-state index is 6.27. The van der Waals surface area contributed by atoms with Crippen LogP contribution in [0.2, 0.25) is 0 Å². The minimum atomic E-state index is 0.103. The molecule has 0 radical (unpaired) electrons. The van der Waals surface area contributed by atoms with Crippen LogP contribution in [0, 0.1) is 0 Å². The lowest BCUT2D eigenvalue weighted by molar-refractivity contribution is 0.669. The van der Waals surface area contributed by atoms with Gasteiger partial charge < -0.3 is 19.1 Å². The highest BCUT2D eigenvalue weighted by molar-refractivity contribution is 6.94. The van der Waals surface area contributed by atoms with Crippen LogP contribution in [0.1, 0.15) is 25.3 Å². The number of allylic oxidation sites excluding steroid dienone is 3. The number of para-hydroxylation sites is 4. The molecule has 0 fully saturated rings. The number of furan rings is 1. The fourth-order valence-corrected chi connectivity index (χ4v) is 9.20. The van der Waals surface area contributed by atoms with Gasteiger partial charge in [-0.2, -0.15) is 0 Å². The van der Waals surface area contributed by atoms with Crippen LogP contribution in [0.25, 0.3) is 21.9 Å². The number of aryl methyl sites for hydroxylation is 1. The summed E-state index contributed by atoms with van der Waals surface area (Å²) < 4.78 is 6.27. The van der Waals surface area contributed by atoms with Crippen LogP contribution in [0.3, 0.4) is 0 Å². The molecule has 1 aromatic heterocycles. The third-order valence-electron chi connectivity index (χ3n) is 11.7. The van der Waals surface area contributed by atoms with Crippen molar-refractivity contribution in [2.24, 2.45) is 0 Å². The highest BCUT2D eigenvalue weighted by Crippen LogP contribution is 2.49. The third kappa shape index (κ3) is 5.00. The topological polar surface area (TPSA) is 22.9 Å². The minimum Gasteiger partial charge on any atom is -0.456 e. The van der Waals surface area contributed by atoms with E-state index < -0.39 is 0 Å². The molecule has 1 aliphatic carbocycles. The zero-order valence-electron chi connectivity index (χ0n) is 30.7. The van der Waals surface area contributed by atoms with Gasteiger partial charge in [0.15, 0.2) is 0 Å². The van der Waals surface area contributed by atoms with Crippen molar-refractivity contribution in [2.75, 3.05) is 14.7 Å². The van der Waals surface area contributed by atoms with Crippen LogP contribution in [0.15, 0.2) is 197 Å². The predicted octanol–water partition coefficient (Wildman–Crippen LogP) is 12.0. The Morgan fingerprint density at radius 1 is 0.564 bits per heavy atom. The van der Waals surface area contributed by atoms with E-state index in [2.05, 4.69) is 185 Å². The Labute approximate surface area is 321 Å². The second-order valence-electron chi connectivity index (χ2n) is 14.7. The van der Waals surface area contributed by atoms with Crippen LogP contribution in [-0.4, -0.2) is 6.71 Å². The van der Waals surface area contributed by atoms with Gasteiger partial charge in [0.25, 0.3) is 6.71 Å². The Bertz CT molecular complexity index is 2820. The molecule has 0 saturated carbocycles. The first-order valence-electron chi connectivity index (χ1n) is 19.4. The van der Waals surface area contributed by atoms with Crippen molar-refractivity contribution < 1.29 is 4.42 Å². The average Bonchev–Trinajstić information content (AvgIpc) is 3.62. The van der Waals surface area contributed by atoms with Gasteiger partial charge in [-0.25, -0.2) is 0 Å². The molecule has 2 aliphatic heterocycles.